The maximum atomic E-state index is 12.9. The molecule has 1 N–H and O–H groups in total. The molecule has 0 unspecified atom stereocenters. The van der Waals surface area contributed by atoms with Gasteiger partial charge < -0.3 is 10.1 Å². The number of ether oxygens (including phenoxy) is 1. The van der Waals surface area contributed by atoms with Crippen LogP contribution in [0.3, 0.4) is 0 Å². The van der Waals surface area contributed by atoms with Crippen LogP contribution in [-0.4, -0.2) is 47.8 Å². The Bertz CT molecular complexity index is 1000. The molecule has 2 aromatic rings. The fraction of sp³-hybridized carbons (Fsp3) is 0.417. The number of nitrogens with zero attached hydrogens (tertiary/aromatic N) is 1. The monoisotopic (exact) mass is 422 g/mol. The maximum absolute atomic E-state index is 12.9. The van der Waals surface area contributed by atoms with Crippen molar-refractivity contribution in [3.8, 4) is 0 Å². The van der Waals surface area contributed by atoms with E-state index in [0.29, 0.717) is 35.8 Å². The molecule has 0 saturated heterocycles. The topological polar surface area (TPSA) is 92.8 Å². The van der Waals surface area contributed by atoms with Gasteiger partial charge in [-0.05, 0) is 36.8 Å². The van der Waals surface area contributed by atoms with E-state index in [4.69, 9.17) is 4.74 Å². The van der Waals surface area contributed by atoms with Gasteiger partial charge in [0, 0.05) is 29.5 Å². The van der Waals surface area contributed by atoms with Gasteiger partial charge in [0.05, 0.1) is 7.11 Å². The average molecular weight is 422 g/mol. The van der Waals surface area contributed by atoms with Gasteiger partial charge in [0.25, 0.3) is 11.8 Å². The molecule has 4 rings (SSSR count). The second kappa shape index (κ2) is 8.49. The minimum absolute atomic E-state index is 0.113. The van der Waals surface area contributed by atoms with Crippen molar-refractivity contribution in [1.82, 2.24) is 10.2 Å². The number of rotatable bonds is 6. The summed E-state index contributed by atoms with van der Waals surface area (Å²) in [5.41, 5.74) is 0.0445. The Morgan fingerprint density at radius 2 is 1.61 bits per heavy atom. The summed E-state index contributed by atoms with van der Waals surface area (Å²) in [7, 11) is 1.33. The third-order valence-electron chi connectivity index (χ3n) is 6.30. The van der Waals surface area contributed by atoms with Crippen LogP contribution in [0.25, 0.3) is 10.8 Å². The lowest BCUT2D eigenvalue weighted by atomic mass is 9.81. The van der Waals surface area contributed by atoms with Crippen LogP contribution in [-0.2, 0) is 14.3 Å². The predicted octanol–water partition coefficient (Wildman–Crippen LogP) is 3.21. The normalized spacial score (nSPS) is 17.5. The van der Waals surface area contributed by atoms with Crippen molar-refractivity contribution in [3.63, 3.8) is 0 Å². The van der Waals surface area contributed by atoms with Gasteiger partial charge in [0.15, 0.2) is 0 Å². The van der Waals surface area contributed by atoms with Crippen molar-refractivity contribution in [2.24, 2.45) is 0 Å². The Balaban J connectivity index is 1.42. The van der Waals surface area contributed by atoms with Crippen LogP contribution in [0.1, 0.15) is 65.7 Å². The van der Waals surface area contributed by atoms with E-state index in [1.54, 1.807) is 24.3 Å². The van der Waals surface area contributed by atoms with Crippen LogP contribution < -0.4 is 5.32 Å². The molecule has 2 aliphatic rings. The van der Waals surface area contributed by atoms with Gasteiger partial charge in [-0.3, -0.25) is 19.3 Å². The highest BCUT2D eigenvalue weighted by atomic mass is 16.5. The molecule has 1 aliphatic carbocycles. The molecule has 31 heavy (non-hydrogen) atoms. The van der Waals surface area contributed by atoms with E-state index in [2.05, 4.69) is 5.32 Å². The van der Waals surface area contributed by atoms with E-state index in [9.17, 15) is 19.2 Å². The lowest BCUT2D eigenvalue weighted by Crippen LogP contribution is -2.56. The number of hydrogen-bond donors (Lipinski definition) is 1. The minimum atomic E-state index is -0.963. The molecule has 1 aliphatic heterocycles. The maximum Gasteiger partial charge on any atom is 0.331 e. The SMILES string of the molecule is COC(=O)C1(NC(=O)CCCN2C(=O)c3cccc4cccc(c34)C2=O)CCCCC1. The first-order chi connectivity index (χ1) is 15.0. The number of carbonyl (C=O) groups is 4. The Labute approximate surface area is 180 Å². The van der Waals surface area contributed by atoms with Crippen molar-refractivity contribution in [2.45, 2.75) is 50.5 Å². The first-order valence-electron chi connectivity index (χ1n) is 10.7. The third kappa shape index (κ3) is 3.80. The molecule has 0 radical (unpaired) electrons. The predicted molar refractivity (Wildman–Crippen MR) is 115 cm³/mol. The van der Waals surface area contributed by atoms with Gasteiger partial charge in [-0.1, -0.05) is 43.5 Å². The summed E-state index contributed by atoms with van der Waals surface area (Å²) in [6, 6.07) is 10.8. The molecule has 0 spiro atoms. The Morgan fingerprint density at radius 1 is 1.00 bits per heavy atom. The summed E-state index contributed by atoms with van der Waals surface area (Å²) in [5.74, 6) is -1.36. The van der Waals surface area contributed by atoms with Crippen LogP contribution in [0, 0.1) is 0 Å². The van der Waals surface area contributed by atoms with Crippen LogP contribution >= 0.6 is 0 Å². The quantitative estimate of drug-likeness (QED) is 0.570. The fourth-order valence-corrected chi connectivity index (χ4v) is 4.74. The van der Waals surface area contributed by atoms with Gasteiger partial charge in [0.1, 0.15) is 5.54 Å². The second-order valence-corrected chi connectivity index (χ2v) is 8.26. The van der Waals surface area contributed by atoms with Crippen molar-refractivity contribution in [2.75, 3.05) is 13.7 Å². The van der Waals surface area contributed by atoms with Crippen molar-refractivity contribution in [3.05, 3.63) is 47.5 Å². The molecule has 7 nitrogen and oxygen atoms in total. The molecule has 3 amide bonds. The average Bonchev–Trinajstić information content (AvgIpc) is 2.79. The second-order valence-electron chi connectivity index (χ2n) is 8.26. The van der Waals surface area contributed by atoms with E-state index in [1.807, 2.05) is 12.1 Å². The summed E-state index contributed by atoms with van der Waals surface area (Å²) in [6.07, 6.45) is 4.31. The summed E-state index contributed by atoms with van der Waals surface area (Å²) in [6.45, 7) is 0.140. The number of imide groups is 1. The largest absolute Gasteiger partial charge is 0.467 e. The van der Waals surface area contributed by atoms with Gasteiger partial charge in [-0.2, -0.15) is 0 Å². The lowest BCUT2D eigenvalue weighted by molar-refractivity contribution is -0.152. The van der Waals surface area contributed by atoms with Gasteiger partial charge in [-0.15, -0.1) is 0 Å². The van der Waals surface area contributed by atoms with Crippen LogP contribution in [0.2, 0.25) is 0 Å². The number of methoxy groups -OCH3 is 1. The van der Waals surface area contributed by atoms with Crippen molar-refractivity contribution >= 4 is 34.5 Å². The van der Waals surface area contributed by atoms with Gasteiger partial charge in [0.2, 0.25) is 5.91 Å². The van der Waals surface area contributed by atoms with Crippen LogP contribution in [0.4, 0.5) is 0 Å². The molecule has 2 aromatic carbocycles. The number of nitrogens with one attached hydrogen (secondary N) is 1. The fourth-order valence-electron chi connectivity index (χ4n) is 4.74. The van der Waals surface area contributed by atoms with Crippen LogP contribution in [0.5, 0.6) is 0 Å². The lowest BCUT2D eigenvalue weighted by Gasteiger charge is -2.35. The molecule has 1 fully saturated rings. The molecule has 1 heterocycles. The molecule has 0 atom stereocenters. The van der Waals surface area contributed by atoms with E-state index in [1.165, 1.54) is 12.0 Å². The smallest absolute Gasteiger partial charge is 0.331 e. The molecule has 7 heteroatoms. The summed E-state index contributed by atoms with van der Waals surface area (Å²) >= 11 is 0. The molecular formula is C24H26N2O5. The minimum Gasteiger partial charge on any atom is -0.467 e. The Hall–Kier alpha value is -3.22. The van der Waals surface area contributed by atoms with E-state index >= 15 is 0 Å². The van der Waals surface area contributed by atoms with Crippen molar-refractivity contribution < 1.29 is 23.9 Å². The first-order valence-corrected chi connectivity index (χ1v) is 10.7. The third-order valence-corrected chi connectivity index (χ3v) is 6.30. The summed E-state index contributed by atoms with van der Waals surface area (Å²) in [4.78, 5) is 52.0. The highest BCUT2D eigenvalue weighted by Gasteiger charge is 2.42. The zero-order valence-electron chi connectivity index (χ0n) is 17.6. The number of hydrogen-bond acceptors (Lipinski definition) is 5. The molecule has 162 valence electrons. The zero-order chi connectivity index (χ0) is 22.0. The summed E-state index contributed by atoms with van der Waals surface area (Å²) in [5, 5.41) is 4.42. The standard InChI is InChI=1S/C24H26N2O5/c1-31-23(30)24(13-3-2-4-14-24)25-19(27)12-7-15-26-21(28)17-10-5-8-16-9-6-11-18(20(16)17)22(26)29/h5-6,8-11H,2-4,7,12-15H2,1H3,(H,25,27). The number of benzene rings is 2. The highest BCUT2D eigenvalue weighted by molar-refractivity contribution is 6.25. The zero-order valence-corrected chi connectivity index (χ0v) is 17.6. The molecule has 0 aromatic heterocycles. The number of amides is 3. The summed E-state index contributed by atoms with van der Waals surface area (Å²) < 4.78 is 4.93. The first kappa shape index (κ1) is 21.0. The molecule has 0 bridgehead atoms. The van der Waals surface area contributed by atoms with Crippen LogP contribution in [0.15, 0.2) is 36.4 Å². The van der Waals surface area contributed by atoms with E-state index in [-0.39, 0.29) is 30.7 Å². The Morgan fingerprint density at radius 3 is 2.19 bits per heavy atom. The van der Waals surface area contributed by atoms with Crippen molar-refractivity contribution in [1.29, 1.82) is 0 Å². The van der Waals surface area contributed by atoms with Gasteiger partial charge in [-0.25, -0.2) is 4.79 Å². The van der Waals surface area contributed by atoms with Gasteiger partial charge >= 0.3 is 5.97 Å². The van der Waals surface area contributed by atoms with E-state index < -0.39 is 11.5 Å². The molecule has 1 saturated carbocycles. The molecular weight excluding hydrogens is 396 g/mol. The Kier molecular flexibility index (Phi) is 5.76. The highest BCUT2D eigenvalue weighted by Crippen LogP contribution is 2.31. The number of carbonyl (C=O) groups excluding carboxylic acids is 4. The number of esters is 1. The van der Waals surface area contributed by atoms with E-state index in [0.717, 1.165) is 24.6 Å².